The predicted molar refractivity (Wildman–Crippen MR) is 130 cm³/mol. The van der Waals surface area contributed by atoms with Crippen molar-refractivity contribution in [3.63, 3.8) is 0 Å². The molecule has 2 atom stereocenters. The van der Waals surface area contributed by atoms with Crippen LogP contribution in [0.3, 0.4) is 0 Å². The third kappa shape index (κ3) is 3.52. The molecule has 0 fully saturated rings. The maximum Gasteiger partial charge on any atom is -0.0701 e. The monoisotopic (exact) mass is 464 g/mol. The van der Waals surface area contributed by atoms with Crippen LogP contribution in [0.2, 0.25) is 0 Å². The van der Waals surface area contributed by atoms with Gasteiger partial charge in [0.25, 0.3) is 0 Å². The van der Waals surface area contributed by atoms with Crippen molar-refractivity contribution in [2.24, 2.45) is 0 Å². The van der Waals surface area contributed by atoms with Crippen molar-refractivity contribution in [3.8, 4) is 0 Å². The summed E-state index contributed by atoms with van der Waals surface area (Å²) in [5.74, 6) is 0. The topological polar surface area (TPSA) is 35.6 Å². The Bertz CT molecular complexity index is 1230. The molecule has 2 aromatic carbocycles. The Labute approximate surface area is 203 Å². The van der Waals surface area contributed by atoms with Crippen molar-refractivity contribution in [1.29, 1.82) is 0 Å². The molecule has 160 valence electrons. The molecule has 33 heavy (non-hydrogen) atoms. The van der Waals surface area contributed by atoms with E-state index in [2.05, 4.69) is 108 Å². The zero-order valence-corrected chi connectivity index (χ0v) is 19.8. The van der Waals surface area contributed by atoms with Crippen molar-refractivity contribution >= 4 is 12.2 Å². The molecular weight excluding hydrogens is 440 g/mol. The predicted octanol–water partition coefficient (Wildman–Crippen LogP) is 5.68. The van der Waals surface area contributed by atoms with Gasteiger partial charge in [0, 0.05) is 0 Å². The van der Waals surface area contributed by atoms with Crippen LogP contribution in [0.15, 0.2) is 123 Å². The average molecular weight is 464 g/mol. The van der Waals surface area contributed by atoms with E-state index in [1.165, 1.54) is 22.3 Å². The zero-order chi connectivity index (χ0) is 22.7. The number of aromatic nitrogens is 4. The Morgan fingerprint density at radius 3 is 1.52 bits per heavy atom. The summed E-state index contributed by atoms with van der Waals surface area (Å²) in [5.41, 5.74) is 5.20. The van der Waals surface area contributed by atoms with Crippen LogP contribution in [-0.4, -0.2) is 19.6 Å². The molecule has 2 aromatic heterocycles. The average Bonchev–Trinajstić information content (AvgIpc) is 3.67. The molecule has 0 aliphatic heterocycles. The van der Waals surface area contributed by atoms with Gasteiger partial charge < -0.3 is 0 Å². The van der Waals surface area contributed by atoms with Crippen LogP contribution in [0, 0.1) is 0 Å². The molecule has 4 nitrogen and oxygen atoms in total. The van der Waals surface area contributed by atoms with Crippen LogP contribution < -0.4 is 0 Å². The van der Waals surface area contributed by atoms with Gasteiger partial charge in [-0.05, 0) is 0 Å². The second-order valence-corrected chi connectivity index (χ2v) is 10.6. The number of fused-ring (bicyclic) bond motifs is 2. The molecule has 4 aromatic rings. The molecule has 0 amide bonds. The van der Waals surface area contributed by atoms with Gasteiger partial charge in [-0.3, -0.25) is 0 Å². The third-order valence-corrected chi connectivity index (χ3v) is 9.30. The summed E-state index contributed by atoms with van der Waals surface area (Å²) in [6.45, 7) is 6.72. The van der Waals surface area contributed by atoms with Crippen LogP contribution in [0.5, 0.6) is 0 Å². The minimum atomic E-state index is -0.801. The summed E-state index contributed by atoms with van der Waals surface area (Å²) in [6, 6.07) is 21.4. The van der Waals surface area contributed by atoms with Crippen molar-refractivity contribution in [2.45, 2.75) is 7.69 Å². The van der Waals surface area contributed by atoms with Crippen LogP contribution in [-0.2, 0) is 26.8 Å². The van der Waals surface area contributed by atoms with Gasteiger partial charge in [-0.2, -0.15) is 0 Å². The van der Waals surface area contributed by atoms with E-state index < -0.39 is 19.2 Å². The van der Waals surface area contributed by atoms with Gasteiger partial charge in [0.1, 0.15) is 0 Å². The number of nitrogens with zero attached hydrogens (tertiary/aromatic N) is 4. The largest absolute Gasteiger partial charge is 0.0991 e. The molecule has 2 unspecified atom stereocenters. The van der Waals surface area contributed by atoms with Crippen molar-refractivity contribution in [2.75, 3.05) is 0 Å². The van der Waals surface area contributed by atoms with E-state index in [0.717, 1.165) is 0 Å². The van der Waals surface area contributed by atoms with E-state index in [4.69, 9.17) is 10.2 Å². The summed E-state index contributed by atoms with van der Waals surface area (Å²) >= 11 is -0.801. The maximum absolute atomic E-state index is 4.72. The van der Waals surface area contributed by atoms with Crippen molar-refractivity contribution in [1.82, 2.24) is 19.6 Å². The van der Waals surface area contributed by atoms with Crippen LogP contribution in [0.1, 0.15) is 22.3 Å². The Kier molecular flexibility index (Phi) is 5.71. The van der Waals surface area contributed by atoms with E-state index in [9.17, 15) is 0 Å². The summed E-state index contributed by atoms with van der Waals surface area (Å²) < 4.78 is 3.76. The van der Waals surface area contributed by atoms with Gasteiger partial charge in [0.05, 0.1) is 0 Å². The summed E-state index contributed by atoms with van der Waals surface area (Å²) in [5, 5.41) is 9.45. The van der Waals surface area contributed by atoms with Crippen LogP contribution in [0.4, 0.5) is 0 Å². The third-order valence-electron chi connectivity index (χ3n) is 6.03. The van der Waals surface area contributed by atoms with Crippen molar-refractivity contribution < 1.29 is 19.2 Å². The van der Waals surface area contributed by atoms with Gasteiger partial charge in [0.15, 0.2) is 0 Å². The number of benzene rings is 2. The molecule has 2 heterocycles. The molecule has 0 bridgehead atoms. The fourth-order valence-corrected chi connectivity index (χ4v) is 7.89. The first kappa shape index (κ1) is 21.4. The minimum absolute atomic E-state index is 0.270. The molecule has 6 rings (SSSR count). The Morgan fingerprint density at radius 2 is 1.12 bits per heavy atom. The molecule has 2 aliphatic rings. The molecule has 0 N–H and O–H groups in total. The number of rotatable bonds is 5. The fourth-order valence-electron chi connectivity index (χ4n) is 4.56. The number of hydrogen-bond donors (Lipinski definition) is 0. The standard InChI is InChI=1S/2C12H9N2.C4H6.Ti/c2*1-2-5-11-10(4-1)6-7-12(11)14-9-3-8-13-14;1-3-4-2;/h2*1-9H;3-4H,1-2H2;. The van der Waals surface area contributed by atoms with Crippen LogP contribution >= 0.6 is 0 Å². The Morgan fingerprint density at radius 1 is 0.667 bits per heavy atom. The minimum Gasteiger partial charge on any atom is -0.0991 e. The molecular formula is C28H24N4Ti. The van der Waals surface area contributed by atoms with E-state index in [0.29, 0.717) is 0 Å². The summed E-state index contributed by atoms with van der Waals surface area (Å²) in [4.78, 5) is 0. The Hall–Kier alpha value is -3.47. The smallest absolute Gasteiger partial charge is 0.0701 e. The fraction of sp³-hybridized carbons (Fsp3) is 0.0714. The summed E-state index contributed by atoms with van der Waals surface area (Å²) in [6.07, 6.45) is 20.4. The molecule has 0 spiro atoms. The molecule has 5 heteroatoms. The first-order valence-corrected chi connectivity index (χ1v) is 12.4. The van der Waals surface area contributed by atoms with Gasteiger partial charge >= 0.3 is 178 Å². The number of allylic oxidation sites excluding steroid dienone is 4. The van der Waals surface area contributed by atoms with E-state index >= 15 is 0 Å². The second-order valence-electron chi connectivity index (χ2n) is 7.87. The van der Waals surface area contributed by atoms with Gasteiger partial charge in [0.2, 0.25) is 0 Å². The molecule has 2 aliphatic carbocycles. The molecule has 0 saturated heterocycles. The van der Waals surface area contributed by atoms with Crippen molar-refractivity contribution in [3.05, 3.63) is 145 Å². The zero-order valence-electron chi connectivity index (χ0n) is 18.3. The first-order chi connectivity index (χ1) is 16.2. The second kappa shape index (κ2) is 8.82. The Balaban J connectivity index is 0.000000531. The maximum atomic E-state index is 4.72. The normalized spacial score (nSPS) is 21.6. The van der Waals surface area contributed by atoms with Gasteiger partial charge in [-0.15, -0.1) is 0 Å². The van der Waals surface area contributed by atoms with E-state index in [1.54, 1.807) is 12.2 Å². The van der Waals surface area contributed by atoms with Crippen LogP contribution in [0.25, 0.3) is 12.2 Å². The number of hydrogen-bond acceptors (Lipinski definition) is 2. The van der Waals surface area contributed by atoms with Gasteiger partial charge in [-0.1, -0.05) is 25.3 Å². The van der Waals surface area contributed by atoms with Gasteiger partial charge in [-0.25, -0.2) is 0 Å². The quantitative estimate of drug-likeness (QED) is 0.282. The SMILES string of the molecule is C1=C[C]([Ti][C]2(n3cccn3)C=Cc3ccccc32)(n2cccn2)c2ccccc21.C=CC=C. The summed E-state index contributed by atoms with van der Waals surface area (Å²) in [7, 11) is 0. The first-order valence-electron chi connectivity index (χ1n) is 10.8. The van der Waals surface area contributed by atoms with E-state index in [-0.39, 0.29) is 7.69 Å². The molecule has 0 saturated carbocycles. The van der Waals surface area contributed by atoms with E-state index in [1.807, 2.05) is 24.5 Å². The molecule has 0 radical (unpaired) electrons.